The molecule has 8 atom stereocenters. The molecule has 0 saturated carbocycles. The normalized spacial score (nSPS) is 19.8. The number of ether oxygens (including phenoxy) is 2. The van der Waals surface area contributed by atoms with Crippen molar-refractivity contribution in [3.63, 3.8) is 0 Å². The summed E-state index contributed by atoms with van der Waals surface area (Å²) < 4.78 is 47.3. The van der Waals surface area contributed by atoms with E-state index in [2.05, 4.69) is 23.3 Å². The summed E-state index contributed by atoms with van der Waals surface area (Å²) in [5.74, 6) is -0.672. The Morgan fingerprint density at radius 2 is 0.817 bits per heavy atom. The number of carbonyl (C=O) groups is 1. The van der Waals surface area contributed by atoms with E-state index < -0.39 is 78.5 Å². The first-order valence-corrected chi connectivity index (χ1v) is 31.4. The fraction of sp³-hybridized carbons (Fsp3) is 0.982. The van der Waals surface area contributed by atoms with E-state index in [-0.39, 0.29) is 6.42 Å². The molecule has 0 aromatic heterocycles. The Kier molecular flexibility index (Phi) is 45.5. The highest BCUT2D eigenvalue weighted by Gasteiger charge is 2.48. The average molecular weight is 1040 g/mol. The van der Waals surface area contributed by atoms with Crippen molar-refractivity contribution in [3.05, 3.63) is 0 Å². The molecule has 0 aliphatic carbocycles. The van der Waals surface area contributed by atoms with E-state index in [1.807, 2.05) is 0 Å². The fourth-order valence-corrected chi connectivity index (χ4v) is 10.6. The van der Waals surface area contributed by atoms with Crippen LogP contribution in [0.1, 0.15) is 296 Å². The van der Waals surface area contributed by atoms with Crippen LogP contribution in [0.3, 0.4) is 0 Å². The summed E-state index contributed by atoms with van der Waals surface area (Å²) in [6.07, 6.45) is 44.6. The third-order valence-electron chi connectivity index (χ3n) is 14.8. The number of carbonyl (C=O) groups excluding carboxylic acids is 1. The van der Waals surface area contributed by atoms with Crippen LogP contribution in [-0.2, 0) is 28.9 Å². The van der Waals surface area contributed by atoms with Gasteiger partial charge >= 0.3 is 10.4 Å². The van der Waals surface area contributed by atoms with Crippen molar-refractivity contribution in [3.8, 4) is 0 Å². The Hall–Kier alpha value is -0.940. The summed E-state index contributed by atoms with van der Waals surface area (Å²) in [5.41, 5.74) is 0. The molecule has 0 spiro atoms. The van der Waals surface area contributed by atoms with Crippen molar-refractivity contribution < 1.29 is 57.0 Å². The zero-order valence-corrected chi connectivity index (χ0v) is 46.5. The molecule has 1 saturated heterocycles. The molecule has 1 amide bonds. The van der Waals surface area contributed by atoms with Gasteiger partial charge in [-0.05, 0) is 12.8 Å². The summed E-state index contributed by atoms with van der Waals surface area (Å²) >= 11 is 0. The van der Waals surface area contributed by atoms with Gasteiger partial charge in [0.1, 0.15) is 30.5 Å². The predicted octanol–water partition coefficient (Wildman–Crippen LogP) is 13.0. The highest BCUT2D eigenvalue weighted by Crippen LogP contribution is 2.26. The highest BCUT2D eigenvalue weighted by atomic mass is 32.3. The van der Waals surface area contributed by atoms with Gasteiger partial charge in [0, 0.05) is 0 Å². The molecular weight excluding hydrogens is 923 g/mol. The molecule has 71 heavy (non-hydrogen) atoms. The van der Waals surface area contributed by atoms with Crippen molar-refractivity contribution in [2.45, 2.75) is 345 Å². The van der Waals surface area contributed by atoms with Gasteiger partial charge in [-0.2, -0.15) is 8.42 Å². The number of aliphatic hydroxyl groups excluding tert-OH is 5. The third-order valence-corrected chi connectivity index (χ3v) is 15.2. The molecule has 1 fully saturated rings. The Balaban J connectivity index is 2.00. The van der Waals surface area contributed by atoms with Gasteiger partial charge in [0.2, 0.25) is 5.91 Å². The van der Waals surface area contributed by atoms with Gasteiger partial charge in [-0.1, -0.05) is 284 Å². The van der Waals surface area contributed by atoms with Crippen LogP contribution in [0.5, 0.6) is 0 Å². The molecule has 1 heterocycles. The van der Waals surface area contributed by atoms with E-state index in [4.69, 9.17) is 14.0 Å². The standard InChI is InChI=1S/C57H113NO12S/c1-3-5-7-9-10-11-12-13-14-15-16-17-18-19-20-21-22-23-24-25-26-27-28-29-30-31-32-33-34-35-36-37-38-39-40-41-42-44-46-51(61)56(64)58-49(50(60)45-43-8-6-4-2)48-68-57-54(63)55(70-71(65,66)67)53(62)52(47-59)69-57/h49-55,57,59-63H,3-48H2,1-2H3,(H,58,64)(H,65,66,67). The van der Waals surface area contributed by atoms with E-state index in [1.165, 1.54) is 218 Å². The quantitative estimate of drug-likeness (QED) is 0.0224. The van der Waals surface area contributed by atoms with Gasteiger partial charge < -0.3 is 40.3 Å². The number of hydrogen-bond acceptors (Lipinski definition) is 11. The molecule has 1 rings (SSSR count). The molecule has 1 aliphatic rings. The molecule has 0 bridgehead atoms. The van der Waals surface area contributed by atoms with E-state index in [0.29, 0.717) is 19.3 Å². The Morgan fingerprint density at radius 3 is 1.14 bits per heavy atom. The molecule has 0 aromatic carbocycles. The predicted molar refractivity (Wildman–Crippen MR) is 289 cm³/mol. The van der Waals surface area contributed by atoms with Crippen LogP contribution in [-0.4, -0.2) is 107 Å². The van der Waals surface area contributed by atoms with Gasteiger partial charge in [0.15, 0.2) is 6.29 Å². The highest BCUT2D eigenvalue weighted by molar-refractivity contribution is 7.80. The van der Waals surface area contributed by atoms with Crippen molar-refractivity contribution in [1.29, 1.82) is 0 Å². The largest absolute Gasteiger partial charge is 0.397 e. The third kappa shape index (κ3) is 39.2. The first kappa shape index (κ1) is 68.1. The number of hydrogen-bond donors (Lipinski definition) is 7. The molecule has 424 valence electrons. The Morgan fingerprint density at radius 1 is 0.507 bits per heavy atom. The first-order chi connectivity index (χ1) is 34.4. The van der Waals surface area contributed by atoms with Crippen LogP contribution in [0.4, 0.5) is 0 Å². The van der Waals surface area contributed by atoms with Crippen molar-refractivity contribution >= 4 is 16.3 Å². The van der Waals surface area contributed by atoms with E-state index in [9.17, 15) is 38.7 Å². The van der Waals surface area contributed by atoms with Crippen molar-refractivity contribution in [2.75, 3.05) is 13.2 Å². The molecule has 7 N–H and O–H groups in total. The maximum atomic E-state index is 13.0. The minimum absolute atomic E-state index is 0.265. The SMILES string of the molecule is CCCCCCCCCCCCCCCCCCCCCCCCCCCCCCCCCCCCCCCCC(O)C(=O)NC(COC1OC(CO)C(O)C(OS(=O)(=O)O)C1O)C(O)CCCCCC. The van der Waals surface area contributed by atoms with E-state index in [1.54, 1.807) is 0 Å². The fourth-order valence-electron chi connectivity index (χ4n) is 10.1. The second-order valence-corrected chi connectivity index (χ2v) is 22.5. The van der Waals surface area contributed by atoms with Crippen LogP contribution in [0.15, 0.2) is 0 Å². The molecule has 1 aliphatic heterocycles. The molecule has 8 unspecified atom stereocenters. The Labute approximate surface area is 435 Å². The van der Waals surface area contributed by atoms with E-state index in [0.717, 1.165) is 38.5 Å². The number of aliphatic hydroxyl groups is 5. The number of amides is 1. The van der Waals surface area contributed by atoms with Gasteiger partial charge in [-0.3, -0.25) is 9.35 Å². The molecular formula is C57H113NO12S. The molecule has 0 radical (unpaired) electrons. The summed E-state index contributed by atoms with van der Waals surface area (Å²) in [4.78, 5) is 13.0. The molecule has 0 aromatic rings. The first-order valence-electron chi connectivity index (χ1n) is 30.0. The average Bonchev–Trinajstić information content (AvgIpc) is 3.35. The lowest BCUT2D eigenvalue weighted by molar-refractivity contribution is -0.298. The lowest BCUT2D eigenvalue weighted by Gasteiger charge is -2.41. The van der Waals surface area contributed by atoms with Crippen LogP contribution in [0, 0.1) is 0 Å². The summed E-state index contributed by atoms with van der Waals surface area (Å²) in [6.45, 7) is 3.16. The monoisotopic (exact) mass is 1040 g/mol. The van der Waals surface area contributed by atoms with Crippen LogP contribution in [0.2, 0.25) is 0 Å². The minimum Gasteiger partial charge on any atom is -0.394 e. The van der Waals surface area contributed by atoms with E-state index >= 15 is 0 Å². The van der Waals surface area contributed by atoms with Crippen LogP contribution < -0.4 is 5.32 Å². The summed E-state index contributed by atoms with van der Waals surface area (Å²) in [7, 11) is -5.10. The van der Waals surface area contributed by atoms with Crippen molar-refractivity contribution in [1.82, 2.24) is 5.32 Å². The van der Waals surface area contributed by atoms with Crippen LogP contribution in [0.25, 0.3) is 0 Å². The smallest absolute Gasteiger partial charge is 0.394 e. The van der Waals surface area contributed by atoms with Gasteiger partial charge in [-0.25, -0.2) is 4.18 Å². The maximum absolute atomic E-state index is 13.0. The zero-order valence-electron chi connectivity index (χ0n) is 45.7. The lowest BCUT2D eigenvalue weighted by atomic mass is 9.99. The topological polar surface area (TPSA) is 212 Å². The van der Waals surface area contributed by atoms with Gasteiger partial charge in [0.25, 0.3) is 0 Å². The number of rotatable bonds is 53. The minimum atomic E-state index is -5.10. The summed E-state index contributed by atoms with van der Waals surface area (Å²) in [5, 5.41) is 54.9. The van der Waals surface area contributed by atoms with Crippen LogP contribution >= 0.6 is 0 Å². The van der Waals surface area contributed by atoms with Gasteiger partial charge in [-0.15, -0.1) is 0 Å². The zero-order chi connectivity index (χ0) is 52.1. The number of unbranched alkanes of at least 4 members (excludes halogenated alkanes) is 40. The second-order valence-electron chi connectivity index (χ2n) is 21.4. The summed E-state index contributed by atoms with van der Waals surface area (Å²) in [6, 6.07) is -1.03. The van der Waals surface area contributed by atoms with Crippen molar-refractivity contribution in [2.24, 2.45) is 0 Å². The number of nitrogens with one attached hydrogen (secondary N) is 1. The Bertz CT molecular complexity index is 1280. The molecule has 13 nitrogen and oxygen atoms in total. The molecule has 14 heteroatoms. The second kappa shape index (κ2) is 47.5. The maximum Gasteiger partial charge on any atom is 0.397 e. The van der Waals surface area contributed by atoms with Gasteiger partial charge in [0.05, 0.1) is 25.4 Å². The lowest BCUT2D eigenvalue weighted by Crippen LogP contribution is -2.61.